The summed E-state index contributed by atoms with van der Waals surface area (Å²) < 4.78 is 0. The molecular formula is C21H23N3. The van der Waals surface area contributed by atoms with Gasteiger partial charge in [-0.15, -0.1) is 0 Å². The highest BCUT2D eigenvalue weighted by Crippen LogP contribution is 2.36. The number of rotatable bonds is 3. The van der Waals surface area contributed by atoms with Crippen molar-refractivity contribution in [2.45, 2.75) is 39.5 Å². The molecule has 0 saturated carbocycles. The van der Waals surface area contributed by atoms with Crippen LogP contribution in [-0.4, -0.2) is 15.2 Å². The lowest BCUT2D eigenvalue weighted by atomic mass is 9.92. The maximum absolute atomic E-state index is 4.22. The lowest BCUT2D eigenvalue weighted by Gasteiger charge is -2.13. The molecule has 4 rings (SSSR count). The van der Waals surface area contributed by atoms with E-state index >= 15 is 0 Å². The van der Waals surface area contributed by atoms with Gasteiger partial charge in [0.15, 0.2) is 0 Å². The van der Waals surface area contributed by atoms with Crippen LogP contribution < -0.4 is 0 Å². The highest BCUT2D eigenvalue weighted by atomic mass is 15.1. The molecule has 3 nitrogen and oxygen atoms in total. The zero-order valence-electron chi connectivity index (χ0n) is 14.6. The maximum Gasteiger partial charge on any atom is 0.0653 e. The second-order valence-corrected chi connectivity index (χ2v) is 7.20. The van der Waals surface area contributed by atoms with E-state index in [9.17, 15) is 0 Å². The van der Waals surface area contributed by atoms with Crippen molar-refractivity contribution in [2.75, 3.05) is 0 Å². The Morgan fingerprint density at radius 1 is 0.875 bits per heavy atom. The SMILES string of the molecule is CC(C)c1ccc2cc(-c3ccc4[nH]ncc4c3C(C)C)[nH]c2c1. The summed E-state index contributed by atoms with van der Waals surface area (Å²) in [6.07, 6.45) is 1.94. The number of nitrogens with zero attached hydrogens (tertiary/aromatic N) is 1. The Hall–Kier alpha value is -2.55. The number of hydrogen-bond donors (Lipinski definition) is 2. The summed E-state index contributed by atoms with van der Waals surface area (Å²) in [4.78, 5) is 3.63. The Morgan fingerprint density at radius 2 is 1.71 bits per heavy atom. The largest absolute Gasteiger partial charge is 0.355 e. The average molecular weight is 317 g/mol. The van der Waals surface area contributed by atoms with E-state index < -0.39 is 0 Å². The normalized spacial score (nSPS) is 12.1. The monoisotopic (exact) mass is 317 g/mol. The third-order valence-electron chi connectivity index (χ3n) is 4.85. The van der Waals surface area contributed by atoms with Crippen LogP contribution in [-0.2, 0) is 0 Å². The molecule has 2 aromatic heterocycles. The van der Waals surface area contributed by atoms with Gasteiger partial charge < -0.3 is 4.98 Å². The minimum absolute atomic E-state index is 0.430. The first kappa shape index (κ1) is 15.0. The topological polar surface area (TPSA) is 44.5 Å². The van der Waals surface area contributed by atoms with Crippen molar-refractivity contribution in [2.24, 2.45) is 0 Å². The lowest BCUT2D eigenvalue weighted by Crippen LogP contribution is -1.93. The van der Waals surface area contributed by atoms with Gasteiger partial charge in [-0.05, 0) is 41.2 Å². The van der Waals surface area contributed by atoms with E-state index in [4.69, 9.17) is 0 Å². The third kappa shape index (κ3) is 2.32. The standard InChI is InChI=1S/C21H23N3/c1-12(2)14-5-6-15-10-20(23-19(15)9-14)16-7-8-18-17(11-22-24-18)21(16)13(3)4/h5-13,23H,1-4H3,(H,22,24). The summed E-state index contributed by atoms with van der Waals surface area (Å²) in [7, 11) is 0. The summed E-state index contributed by atoms with van der Waals surface area (Å²) in [6.45, 7) is 8.94. The van der Waals surface area contributed by atoms with Crippen LogP contribution in [0.15, 0.2) is 42.6 Å². The molecule has 2 heterocycles. The smallest absolute Gasteiger partial charge is 0.0653 e. The maximum atomic E-state index is 4.22. The van der Waals surface area contributed by atoms with E-state index in [0.29, 0.717) is 11.8 Å². The van der Waals surface area contributed by atoms with Crippen LogP contribution in [0.3, 0.4) is 0 Å². The number of hydrogen-bond acceptors (Lipinski definition) is 1. The molecule has 0 amide bonds. The first-order valence-electron chi connectivity index (χ1n) is 8.63. The Bertz CT molecular complexity index is 1020. The van der Waals surface area contributed by atoms with E-state index in [1.54, 1.807) is 0 Å². The predicted octanol–water partition coefficient (Wildman–Crippen LogP) is 5.96. The van der Waals surface area contributed by atoms with E-state index in [1.165, 1.54) is 38.7 Å². The van der Waals surface area contributed by atoms with Gasteiger partial charge in [-0.1, -0.05) is 45.9 Å². The zero-order chi connectivity index (χ0) is 16.8. The first-order valence-corrected chi connectivity index (χ1v) is 8.63. The molecular weight excluding hydrogens is 294 g/mol. The Labute approximate surface area is 142 Å². The van der Waals surface area contributed by atoms with Gasteiger partial charge in [0.25, 0.3) is 0 Å². The minimum atomic E-state index is 0.430. The van der Waals surface area contributed by atoms with E-state index in [0.717, 1.165) is 5.52 Å². The van der Waals surface area contributed by atoms with Gasteiger partial charge in [0.2, 0.25) is 0 Å². The number of benzene rings is 2. The van der Waals surface area contributed by atoms with Crippen LogP contribution in [0.1, 0.15) is 50.7 Å². The zero-order valence-corrected chi connectivity index (χ0v) is 14.6. The van der Waals surface area contributed by atoms with Crippen LogP contribution >= 0.6 is 0 Å². The fourth-order valence-corrected chi connectivity index (χ4v) is 3.55. The second kappa shape index (κ2) is 5.52. The molecule has 2 N–H and O–H groups in total. The molecule has 3 heteroatoms. The van der Waals surface area contributed by atoms with Gasteiger partial charge in [0.1, 0.15) is 0 Å². The molecule has 0 radical (unpaired) electrons. The number of aromatic amines is 2. The van der Waals surface area contributed by atoms with Gasteiger partial charge in [0.05, 0.1) is 11.7 Å². The van der Waals surface area contributed by atoms with E-state index in [-0.39, 0.29) is 0 Å². The van der Waals surface area contributed by atoms with Crippen molar-refractivity contribution in [3.05, 3.63) is 53.7 Å². The highest BCUT2D eigenvalue weighted by molar-refractivity contribution is 5.93. The van der Waals surface area contributed by atoms with Crippen molar-refractivity contribution >= 4 is 21.8 Å². The minimum Gasteiger partial charge on any atom is -0.355 e. The molecule has 2 aromatic carbocycles. The lowest BCUT2D eigenvalue weighted by molar-refractivity contribution is 0.868. The predicted molar refractivity (Wildman–Crippen MR) is 102 cm³/mol. The molecule has 0 aliphatic heterocycles. The number of H-pyrrole nitrogens is 2. The van der Waals surface area contributed by atoms with Crippen molar-refractivity contribution in [3.8, 4) is 11.3 Å². The Morgan fingerprint density at radius 3 is 2.46 bits per heavy atom. The third-order valence-corrected chi connectivity index (χ3v) is 4.85. The van der Waals surface area contributed by atoms with E-state index in [1.807, 2.05) is 6.20 Å². The van der Waals surface area contributed by atoms with Crippen molar-refractivity contribution in [3.63, 3.8) is 0 Å². The molecule has 0 bridgehead atoms. The molecule has 4 aromatic rings. The van der Waals surface area contributed by atoms with Crippen molar-refractivity contribution in [1.29, 1.82) is 0 Å². The van der Waals surface area contributed by atoms with Gasteiger partial charge in [-0.25, -0.2) is 0 Å². The quantitative estimate of drug-likeness (QED) is 0.481. The highest BCUT2D eigenvalue weighted by Gasteiger charge is 2.15. The Balaban J connectivity index is 1.93. The van der Waals surface area contributed by atoms with Crippen LogP contribution in [0, 0.1) is 0 Å². The molecule has 24 heavy (non-hydrogen) atoms. The fraction of sp³-hybridized carbons (Fsp3) is 0.286. The molecule has 0 fully saturated rings. The summed E-state index contributed by atoms with van der Waals surface area (Å²) in [5.41, 5.74) is 7.46. The molecule has 0 spiro atoms. The molecule has 0 saturated heterocycles. The number of fused-ring (bicyclic) bond motifs is 2. The number of nitrogens with one attached hydrogen (secondary N) is 2. The molecule has 0 aliphatic carbocycles. The van der Waals surface area contributed by atoms with Crippen LogP contribution in [0.5, 0.6) is 0 Å². The van der Waals surface area contributed by atoms with Gasteiger partial charge in [-0.3, -0.25) is 5.10 Å². The molecule has 0 unspecified atom stereocenters. The summed E-state index contributed by atoms with van der Waals surface area (Å²) in [5, 5.41) is 9.77. The average Bonchev–Trinajstić information content (AvgIpc) is 3.18. The van der Waals surface area contributed by atoms with Crippen LogP contribution in [0.4, 0.5) is 0 Å². The second-order valence-electron chi connectivity index (χ2n) is 7.20. The van der Waals surface area contributed by atoms with Crippen molar-refractivity contribution < 1.29 is 0 Å². The van der Waals surface area contributed by atoms with Gasteiger partial charge in [0, 0.05) is 27.5 Å². The number of aromatic nitrogens is 3. The van der Waals surface area contributed by atoms with Crippen LogP contribution in [0.2, 0.25) is 0 Å². The van der Waals surface area contributed by atoms with Gasteiger partial charge in [-0.2, -0.15) is 5.10 Å². The Kier molecular flexibility index (Phi) is 3.45. The van der Waals surface area contributed by atoms with Crippen molar-refractivity contribution in [1.82, 2.24) is 15.2 Å². The van der Waals surface area contributed by atoms with E-state index in [2.05, 4.69) is 79.3 Å². The first-order chi connectivity index (χ1) is 11.5. The molecule has 0 atom stereocenters. The summed E-state index contributed by atoms with van der Waals surface area (Å²) in [5.74, 6) is 0.966. The van der Waals surface area contributed by atoms with Gasteiger partial charge >= 0.3 is 0 Å². The fourth-order valence-electron chi connectivity index (χ4n) is 3.55. The summed E-state index contributed by atoms with van der Waals surface area (Å²) in [6, 6.07) is 13.3. The molecule has 0 aliphatic rings. The van der Waals surface area contributed by atoms with Crippen LogP contribution in [0.25, 0.3) is 33.1 Å². The molecule has 122 valence electrons. The summed E-state index contributed by atoms with van der Waals surface area (Å²) >= 11 is 0.